The first-order valence-electron chi connectivity index (χ1n) is 10.7. The first-order chi connectivity index (χ1) is 16.8. The van der Waals surface area contributed by atoms with Crippen molar-refractivity contribution in [3.05, 3.63) is 62.1 Å². The first-order valence-corrected chi connectivity index (χ1v) is 11.5. The Balaban J connectivity index is 1.99. The van der Waals surface area contributed by atoms with Gasteiger partial charge in [0.05, 0.1) is 27.7 Å². The number of nitrogens with zero attached hydrogens (tertiary/aromatic N) is 1. The molecule has 3 N–H and O–H groups in total. The maximum absolute atomic E-state index is 12.8. The van der Waals surface area contributed by atoms with Gasteiger partial charge in [0.25, 0.3) is 11.6 Å². The standard InChI is InChI=1S/C23H26Cl2N4O7/c1-13(20(30)28-18-7-6-15(29(33)34)12-17(18)25)27-21(31)16-11-14(24)5-8-19(16)35-10-9-26-22(32)36-23(2,3)4/h5-8,11-13H,9-10H2,1-4H3,(H,26,32)(H,27,31)(H,28,30)/t13-/m0/s1. The van der Waals surface area contributed by atoms with Crippen molar-refractivity contribution in [3.8, 4) is 5.75 Å². The van der Waals surface area contributed by atoms with Crippen molar-refractivity contribution in [2.24, 2.45) is 0 Å². The molecule has 36 heavy (non-hydrogen) atoms. The SMILES string of the molecule is C[C@H](NC(=O)c1cc(Cl)ccc1OCCNC(=O)OC(C)(C)C)C(=O)Nc1ccc([N+](=O)[O-])cc1Cl. The van der Waals surface area contributed by atoms with Crippen LogP contribution in [-0.2, 0) is 9.53 Å². The molecule has 0 heterocycles. The Hall–Kier alpha value is -3.57. The van der Waals surface area contributed by atoms with Crippen LogP contribution in [0.3, 0.4) is 0 Å². The number of carbonyl (C=O) groups is 3. The van der Waals surface area contributed by atoms with Crippen LogP contribution in [0.15, 0.2) is 36.4 Å². The quantitative estimate of drug-likeness (QED) is 0.239. The number of amides is 3. The highest BCUT2D eigenvalue weighted by Gasteiger charge is 2.21. The highest BCUT2D eigenvalue weighted by atomic mass is 35.5. The lowest BCUT2D eigenvalue weighted by Gasteiger charge is -2.20. The fraction of sp³-hybridized carbons (Fsp3) is 0.348. The van der Waals surface area contributed by atoms with Gasteiger partial charge in [0.2, 0.25) is 5.91 Å². The average Bonchev–Trinajstić information content (AvgIpc) is 2.77. The van der Waals surface area contributed by atoms with Crippen molar-refractivity contribution >= 4 is 52.5 Å². The van der Waals surface area contributed by atoms with Gasteiger partial charge in [0.1, 0.15) is 24.0 Å². The van der Waals surface area contributed by atoms with Gasteiger partial charge >= 0.3 is 6.09 Å². The molecule has 11 nitrogen and oxygen atoms in total. The van der Waals surface area contributed by atoms with Gasteiger partial charge in [0.15, 0.2) is 0 Å². The van der Waals surface area contributed by atoms with E-state index in [1.807, 2.05) is 0 Å². The van der Waals surface area contributed by atoms with E-state index in [2.05, 4.69) is 16.0 Å². The van der Waals surface area contributed by atoms with Crippen LogP contribution in [-0.4, -0.2) is 47.6 Å². The normalized spacial score (nSPS) is 11.7. The fourth-order valence-corrected chi connectivity index (χ4v) is 3.13. The summed E-state index contributed by atoms with van der Waals surface area (Å²) in [5, 5.41) is 18.7. The van der Waals surface area contributed by atoms with Crippen molar-refractivity contribution < 1.29 is 28.8 Å². The average molecular weight is 541 g/mol. The van der Waals surface area contributed by atoms with Gasteiger partial charge in [-0.05, 0) is 52.0 Å². The van der Waals surface area contributed by atoms with Crippen LogP contribution in [0.4, 0.5) is 16.2 Å². The number of hydrogen-bond acceptors (Lipinski definition) is 7. The molecule has 0 saturated heterocycles. The summed E-state index contributed by atoms with van der Waals surface area (Å²) in [5.41, 5.74) is -0.640. The second kappa shape index (κ2) is 12.4. The maximum Gasteiger partial charge on any atom is 0.407 e. The molecule has 1 atom stereocenters. The minimum Gasteiger partial charge on any atom is -0.491 e. The number of carbonyl (C=O) groups excluding carboxylic acids is 3. The van der Waals surface area contributed by atoms with E-state index in [0.717, 1.165) is 6.07 Å². The third-order valence-electron chi connectivity index (χ3n) is 4.38. The topological polar surface area (TPSA) is 149 Å². The highest BCUT2D eigenvalue weighted by molar-refractivity contribution is 6.34. The summed E-state index contributed by atoms with van der Waals surface area (Å²) < 4.78 is 10.8. The molecule has 0 unspecified atom stereocenters. The molecule has 2 aromatic rings. The van der Waals surface area contributed by atoms with E-state index in [-0.39, 0.29) is 45.9 Å². The van der Waals surface area contributed by atoms with E-state index in [1.54, 1.807) is 20.8 Å². The lowest BCUT2D eigenvalue weighted by Crippen LogP contribution is -2.41. The Kier molecular flexibility index (Phi) is 9.88. The Bertz CT molecular complexity index is 1150. The van der Waals surface area contributed by atoms with E-state index >= 15 is 0 Å². The Morgan fingerprint density at radius 3 is 2.42 bits per heavy atom. The summed E-state index contributed by atoms with van der Waals surface area (Å²) in [6.45, 7) is 6.82. The molecule has 194 valence electrons. The number of hydrogen-bond donors (Lipinski definition) is 3. The molecule has 13 heteroatoms. The lowest BCUT2D eigenvalue weighted by atomic mass is 10.1. The summed E-state index contributed by atoms with van der Waals surface area (Å²) in [5.74, 6) is -1.05. The van der Waals surface area contributed by atoms with Crippen molar-refractivity contribution in [2.75, 3.05) is 18.5 Å². The second-order valence-electron chi connectivity index (χ2n) is 8.52. The number of nitro benzene ring substituents is 1. The van der Waals surface area contributed by atoms with Crippen LogP contribution in [0.2, 0.25) is 10.0 Å². The van der Waals surface area contributed by atoms with E-state index in [9.17, 15) is 24.5 Å². The minimum absolute atomic E-state index is 0.0263. The highest BCUT2D eigenvalue weighted by Crippen LogP contribution is 2.27. The van der Waals surface area contributed by atoms with Gasteiger partial charge in [-0.15, -0.1) is 0 Å². The first kappa shape index (κ1) is 28.7. The van der Waals surface area contributed by atoms with Gasteiger partial charge in [-0.25, -0.2) is 4.79 Å². The van der Waals surface area contributed by atoms with Crippen LogP contribution < -0.4 is 20.7 Å². The predicted molar refractivity (Wildman–Crippen MR) is 135 cm³/mol. The number of alkyl carbamates (subject to hydrolysis) is 1. The van der Waals surface area contributed by atoms with Gasteiger partial charge in [-0.1, -0.05) is 23.2 Å². The number of non-ortho nitro benzene ring substituents is 1. The molecular weight excluding hydrogens is 515 g/mol. The molecule has 0 radical (unpaired) electrons. The number of rotatable bonds is 9. The third kappa shape index (κ3) is 8.90. The number of halogens is 2. The predicted octanol–water partition coefficient (Wildman–Crippen LogP) is 4.56. The van der Waals surface area contributed by atoms with Gasteiger partial charge in [-0.3, -0.25) is 19.7 Å². The molecule has 0 aromatic heterocycles. The van der Waals surface area contributed by atoms with E-state index in [0.29, 0.717) is 0 Å². The summed E-state index contributed by atoms with van der Waals surface area (Å²) in [7, 11) is 0. The van der Waals surface area contributed by atoms with E-state index in [4.69, 9.17) is 32.7 Å². The molecule has 3 amide bonds. The largest absolute Gasteiger partial charge is 0.491 e. The molecule has 2 aromatic carbocycles. The number of anilines is 1. The van der Waals surface area contributed by atoms with Crippen LogP contribution in [0, 0.1) is 10.1 Å². The summed E-state index contributed by atoms with van der Waals surface area (Å²) in [6.07, 6.45) is -0.604. The zero-order chi connectivity index (χ0) is 27.0. The smallest absolute Gasteiger partial charge is 0.407 e. The molecule has 0 aliphatic heterocycles. The van der Waals surface area contributed by atoms with Crippen LogP contribution in [0.5, 0.6) is 5.75 Å². The Labute approximate surface area is 217 Å². The molecule has 0 saturated carbocycles. The molecule has 0 fully saturated rings. The summed E-state index contributed by atoms with van der Waals surface area (Å²) >= 11 is 12.0. The zero-order valence-electron chi connectivity index (χ0n) is 20.0. The molecule has 0 aliphatic carbocycles. The number of nitro groups is 1. The number of benzene rings is 2. The summed E-state index contributed by atoms with van der Waals surface area (Å²) in [4.78, 5) is 47.3. The molecule has 0 aliphatic rings. The van der Waals surface area contributed by atoms with Crippen LogP contribution in [0.25, 0.3) is 0 Å². The van der Waals surface area contributed by atoms with Gasteiger partial charge in [-0.2, -0.15) is 0 Å². The number of nitrogens with one attached hydrogen (secondary N) is 3. The zero-order valence-corrected chi connectivity index (χ0v) is 21.5. The summed E-state index contributed by atoms with van der Waals surface area (Å²) in [6, 6.07) is 6.98. The molecule has 0 spiro atoms. The number of ether oxygens (including phenoxy) is 2. The fourth-order valence-electron chi connectivity index (χ4n) is 2.73. The van der Waals surface area contributed by atoms with Crippen molar-refractivity contribution in [1.82, 2.24) is 10.6 Å². The van der Waals surface area contributed by atoms with Crippen molar-refractivity contribution in [2.45, 2.75) is 39.3 Å². The van der Waals surface area contributed by atoms with Crippen molar-refractivity contribution in [3.63, 3.8) is 0 Å². The van der Waals surface area contributed by atoms with Crippen LogP contribution in [0.1, 0.15) is 38.1 Å². The van der Waals surface area contributed by atoms with Crippen molar-refractivity contribution in [1.29, 1.82) is 0 Å². The second-order valence-corrected chi connectivity index (χ2v) is 9.37. The van der Waals surface area contributed by atoms with E-state index < -0.39 is 34.5 Å². The van der Waals surface area contributed by atoms with Gasteiger partial charge in [0, 0.05) is 17.2 Å². The lowest BCUT2D eigenvalue weighted by molar-refractivity contribution is -0.384. The maximum atomic E-state index is 12.8. The Morgan fingerprint density at radius 1 is 1.11 bits per heavy atom. The molecule has 0 bridgehead atoms. The molecular formula is C23H26Cl2N4O7. The monoisotopic (exact) mass is 540 g/mol. The van der Waals surface area contributed by atoms with Crippen LogP contribution >= 0.6 is 23.2 Å². The van der Waals surface area contributed by atoms with Gasteiger partial charge < -0.3 is 25.4 Å². The molecule has 2 rings (SSSR count). The minimum atomic E-state index is -1.01. The Morgan fingerprint density at radius 2 is 1.81 bits per heavy atom. The van der Waals surface area contributed by atoms with E-state index in [1.165, 1.54) is 37.3 Å². The third-order valence-corrected chi connectivity index (χ3v) is 4.92.